The van der Waals surface area contributed by atoms with Crippen LogP contribution in [0.5, 0.6) is 0 Å². The highest BCUT2D eigenvalue weighted by atomic mass is 79.9. The molecule has 0 aliphatic carbocycles. The Balaban J connectivity index is 2.80. The predicted octanol–water partition coefficient (Wildman–Crippen LogP) is 4.71. The summed E-state index contributed by atoms with van der Waals surface area (Å²) in [5.74, 6) is 0.576. The highest BCUT2D eigenvalue weighted by Gasteiger charge is 2.04. The molecule has 0 aliphatic heterocycles. The van der Waals surface area contributed by atoms with Crippen molar-refractivity contribution in [3.05, 3.63) is 33.1 Å². The van der Waals surface area contributed by atoms with Gasteiger partial charge in [-0.3, -0.25) is 0 Å². The van der Waals surface area contributed by atoms with Crippen LogP contribution in [0.3, 0.4) is 0 Å². The van der Waals surface area contributed by atoms with Crippen molar-refractivity contribution in [3.8, 4) is 0 Å². The molecule has 2 rings (SSSR count). The molecular formula is C10H8BrClS. The molecule has 3 heteroatoms. The molecule has 1 aromatic carbocycles. The standard InChI is InChI=1S/C10H8BrClS/c1-6-2-9-7(5-12)3-8(11)4-10(9)13-6/h2-4H,5H2,1H3. The minimum Gasteiger partial charge on any atom is -0.141 e. The van der Waals surface area contributed by atoms with E-state index in [2.05, 4.69) is 41.1 Å². The maximum absolute atomic E-state index is 5.87. The molecule has 1 aromatic heterocycles. The molecule has 0 spiro atoms. The Kier molecular flexibility index (Phi) is 2.63. The van der Waals surface area contributed by atoms with Crippen LogP contribution in [0.1, 0.15) is 10.4 Å². The lowest BCUT2D eigenvalue weighted by molar-refractivity contribution is 1.44. The molecule has 0 fully saturated rings. The van der Waals surface area contributed by atoms with Crippen LogP contribution in [0.4, 0.5) is 0 Å². The van der Waals surface area contributed by atoms with Crippen LogP contribution in [0.2, 0.25) is 0 Å². The fourth-order valence-electron chi connectivity index (χ4n) is 1.41. The summed E-state index contributed by atoms with van der Waals surface area (Å²) in [5.41, 5.74) is 1.20. The van der Waals surface area contributed by atoms with Gasteiger partial charge in [0.25, 0.3) is 0 Å². The van der Waals surface area contributed by atoms with Gasteiger partial charge in [-0.1, -0.05) is 15.9 Å². The number of rotatable bonds is 1. The van der Waals surface area contributed by atoms with E-state index in [4.69, 9.17) is 11.6 Å². The molecule has 0 unspecified atom stereocenters. The molecule has 0 bridgehead atoms. The number of benzene rings is 1. The Labute approximate surface area is 94.7 Å². The van der Waals surface area contributed by atoms with E-state index in [1.807, 2.05) is 11.3 Å². The summed E-state index contributed by atoms with van der Waals surface area (Å²) >= 11 is 11.2. The number of hydrogen-bond donors (Lipinski definition) is 0. The minimum atomic E-state index is 0.576. The van der Waals surface area contributed by atoms with Gasteiger partial charge in [0.2, 0.25) is 0 Å². The van der Waals surface area contributed by atoms with E-state index >= 15 is 0 Å². The van der Waals surface area contributed by atoms with E-state index in [0.717, 1.165) is 4.47 Å². The SMILES string of the molecule is Cc1cc2c(CCl)cc(Br)cc2s1. The summed E-state index contributed by atoms with van der Waals surface area (Å²) < 4.78 is 2.42. The first-order chi connectivity index (χ1) is 6.20. The lowest BCUT2D eigenvalue weighted by Gasteiger charge is -1.98. The topological polar surface area (TPSA) is 0 Å². The molecule has 0 saturated carbocycles. The Bertz CT molecular complexity index is 447. The molecule has 13 heavy (non-hydrogen) atoms. The van der Waals surface area contributed by atoms with Crippen LogP contribution in [0, 0.1) is 6.92 Å². The largest absolute Gasteiger partial charge is 0.141 e. The highest BCUT2D eigenvalue weighted by molar-refractivity contribution is 9.10. The van der Waals surface area contributed by atoms with E-state index in [1.165, 1.54) is 20.5 Å². The fourth-order valence-corrected chi connectivity index (χ4v) is 3.30. The van der Waals surface area contributed by atoms with Crippen molar-refractivity contribution in [1.82, 2.24) is 0 Å². The minimum absolute atomic E-state index is 0.576. The van der Waals surface area contributed by atoms with Gasteiger partial charge in [-0.05, 0) is 36.1 Å². The van der Waals surface area contributed by atoms with E-state index < -0.39 is 0 Å². The first kappa shape index (κ1) is 9.50. The van der Waals surface area contributed by atoms with Crippen LogP contribution >= 0.6 is 38.9 Å². The average Bonchev–Trinajstić information content (AvgIpc) is 2.43. The summed E-state index contributed by atoms with van der Waals surface area (Å²) in [4.78, 5) is 1.33. The summed E-state index contributed by atoms with van der Waals surface area (Å²) in [6.07, 6.45) is 0. The lowest BCUT2D eigenvalue weighted by Crippen LogP contribution is -1.78. The third-order valence-electron chi connectivity index (χ3n) is 1.96. The summed E-state index contributed by atoms with van der Waals surface area (Å²) in [6, 6.07) is 6.43. The quantitative estimate of drug-likeness (QED) is 0.661. The molecule has 0 N–H and O–H groups in total. The van der Waals surface area contributed by atoms with E-state index in [1.54, 1.807) is 0 Å². The smallest absolute Gasteiger partial charge is 0.0480 e. The van der Waals surface area contributed by atoms with Crippen molar-refractivity contribution < 1.29 is 0 Å². The number of aryl methyl sites for hydroxylation is 1. The van der Waals surface area contributed by atoms with Gasteiger partial charge in [-0.2, -0.15) is 0 Å². The molecule has 68 valence electrons. The second-order valence-corrected chi connectivity index (χ2v) is 5.44. The Morgan fingerprint density at radius 2 is 2.15 bits per heavy atom. The molecule has 0 saturated heterocycles. The van der Waals surface area contributed by atoms with Crippen molar-refractivity contribution in [1.29, 1.82) is 0 Å². The molecule has 0 nitrogen and oxygen atoms in total. The molecule has 0 amide bonds. The van der Waals surface area contributed by atoms with Gasteiger partial charge in [0.15, 0.2) is 0 Å². The number of hydrogen-bond acceptors (Lipinski definition) is 1. The van der Waals surface area contributed by atoms with Crippen LogP contribution in [0.15, 0.2) is 22.7 Å². The van der Waals surface area contributed by atoms with Gasteiger partial charge in [0, 0.05) is 19.9 Å². The van der Waals surface area contributed by atoms with Crippen molar-refractivity contribution in [2.75, 3.05) is 0 Å². The third kappa shape index (κ3) is 1.76. The monoisotopic (exact) mass is 274 g/mol. The lowest BCUT2D eigenvalue weighted by atomic mass is 10.1. The van der Waals surface area contributed by atoms with Crippen LogP contribution in [-0.2, 0) is 5.88 Å². The summed E-state index contributed by atoms with van der Waals surface area (Å²) in [7, 11) is 0. The number of fused-ring (bicyclic) bond motifs is 1. The summed E-state index contributed by atoms with van der Waals surface area (Å²) in [6.45, 7) is 2.12. The molecular weight excluding hydrogens is 268 g/mol. The first-order valence-electron chi connectivity index (χ1n) is 3.95. The first-order valence-corrected chi connectivity index (χ1v) is 6.09. The van der Waals surface area contributed by atoms with Gasteiger partial charge >= 0.3 is 0 Å². The van der Waals surface area contributed by atoms with Gasteiger partial charge in [0.1, 0.15) is 0 Å². The van der Waals surface area contributed by atoms with E-state index in [-0.39, 0.29) is 0 Å². The van der Waals surface area contributed by atoms with Crippen LogP contribution in [-0.4, -0.2) is 0 Å². The Hall–Kier alpha value is -0.0500. The third-order valence-corrected chi connectivity index (χ3v) is 3.70. The zero-order valence-corrected chi connectivity index (χ0v) is 10.3. The number of alkyl halides is 1. The van der Waals surface area contributed by atoms with Crippen molar-refractivity contribution in [2.45, 2.75) is 12.8 Å². The van der Waals surface area contributed by atoms with Crippen LogP contribution in [0.25, 0.3) is 10.1 Å². The maximum Gasteiger partial charge on any atom is 0.0480 e. The molecule has 0 atom stereocenters. The van der Waals surface area contributed by atoms with Crippen molar-refractivity contribution in [3.63, 3.8) is 0 Å². The number of thiophene rings is 1. The Morgan fingerprint density at radius 1 is 1.38 bits per heavy atom. The fraction of sp³-hybridized carbons (Fsp3) is 0.200. The zero-order valence-electron chi connectivity index (χ0n) is 7.10. The van der Waals surface area contributed by atoms with Crippen molar-refractivity contribution >= 4 is 49.0 Å². The summed E-state index contributed by atoms with van der Waals surface area (Å²) in [5, 5.41) is 1.29. The average molecular weight is 276 g/mol. The maximum atomic E-state index is 5.87. The molecule has 2 aromatic rings. The highest BCUT2D eigenvalue weighted by Crippen LogP contribution is 2.31. The predicted molar refractivity (Wildman–Crippen MR) is 63.8 cm³/mol. The van der Waals surface area contributed by atoms with Gasteiger partial charge in [-0.15, -0.1) is 22.9 Å². The van der Waals surface area contributed by atoms with Gasteiger partial charge < -0.3 is 0 Å². The second kappa shape index (κ2) is 3.60. The van der Waals surface area contributed by atoms with Crippen molar-refractivity contribution in [2.24, 2.45) is 0 Å². The normalized spacial score (nSPS) is 11.0. The zero-order chi connectivity index (χ0) is 9.42. The van der Waals surface area contributed by atoms with E-state index in [0.29, 0.717) is 5.88 Å². The number of halogens is 2. The molecule has 0 radical (unpaired) electrons. The molecule has 1 heterocycles. The van der Waals surface area contributed by atoms with Gasteiger partial charge in [0.05, 0.1) is 0 Å². The van der Waals surface area contributed by atoms with E-state index in [9.17, 15) is 0 Å². The van der Waals surface area contributed by atoms with Gasteiger partial charge in [-0.25, -0.2) is 0 Å². The van der Waals surface area contributed by atoms with Crippen LogP contribution < -0.4 is 0 Å². The molecule has 0 aliphatic rings. The Morgan fingerprint density at radius 3 is 2.85 bits per heavy atom. The second-order valence-electron chi connectivity index (χ2n) is 2.97.